The SMILES string of the molecule is Cc1ccc(CC(O)C(F)(F)F)s1. The third-order valence-electron chi connectivity index (χ3n) is 1.57. The van der Waals surface area contributed by atoms with Gasteiger partial charge in [-0.2, -0.15) is 13.2 Å². The maximum absolute atomic E-state index is 11.9. The Bertz CT molecular complexity index is 279. The number of hydrogen-bond donors (Lipinski definition) is 1. The van der Waals surface area contributed by atoms with Gasteiger partial charge in [-0.05, 0) is 19.1 Å². The lowest BCUT2D eigenvalue weighted by Crippen LogP contribution is -2.30. The molecule has 1 aromatic rings. The van der Waals surface area contributed by atoms with Crippen LogP contribution in [0.15, 0.2) is 12.1 Å². The fourth-order valence-electron chi connectivity index (χ4n) is 0.901. The zero-order valence-electron chi connectivity index (χ0n) is 6.93. The number of aryl methyl sites for hydroxylation is 1. The molecule has 1 atom stereocenters. The predicted octanol–water partition coefficient (Wildman–Crippen LogP) is 2.52. The molecule has 0 saturated heterocycles. The van der Waals surface area contributed by atoms with E-state index in [1.54, 1.807) is 12.1 Å². The fraction of sp³-hybridized carbons (Fsp3) is 0.500. The van der Waals surface area contributed by atoms with Crippen LogP contribution >= 0.6 is 11.3 Å². The van der Waals surface area contributed by atoms with Crippen molar-refractivity contribution in [3.63, 3.8) is 0 Å². The minimum atomic E-state index is -4.52. The van der Waals surface area contributed by atoms with Crippen LogP contribution in [0.1, 0.15) is 9.75 Å². The molecule has 0 bridgehead atoms. The van der Waals surface area contributed by atoms with E-state index in [9.17, 15) is 13.2 Å². The van der Waals surface area contributed by atoms with Crippen molar-refractivity contribution >= 4 is 11.3 Å². The number of alkyl halides is 3. The lowest BCUT2D eigenvalue weighted by atomic mass is 10.2. The number of aliphatic hydroxyl groups is 1. The molecule has 1 nitrogen and oxygen atoms in total. The fourth-order valence-corrected chi connectivity index (χ4v) is 1.83. The number of rotatable bonds is 2. The van der Waals surface area contributed by atoms with Crippen LogP contribution in [0.4, 0.5) is 13.2 Å². The van der Waals surface area contributed by atoms with Gasteiger partial charge >= 0.3 is 6.18 Å². The van der Waals surface area contributed by atoms with Gasteiger partial charge in [-0.25, -0.2) is 0 Å². The van der Waals surface area contributed by atoms with E-state index in [1.165, 1.54) is 11.3 Å². The van der Waals surface area contributed by atoms with Gasteiger partial charge in [-0.3, -0.25) is 0 Å². The maximum atomic E-state index is 11.9. The van der Waals surface area contributed by atoms with Gasteiger partial charge < -0.3 is 5.11 Å². The summed E-state index contributed by atoms with van der Waals surface area (Å²) >= 11 is 1.27. The van der Waals surface area contributed by atoms with E-state index in [1.807, 2.05) is 6.92 Å². The van der Waals surface area contributed by atoms with Crippen molar-refractivity contribution in [2.75, 3.05) is 0 Å². The Balaban J connectivity index is 2.60. The average molecular weight is 210 g/mol. The minimum Gasteiger partial charge on any atom is -0.383 e. The largest absolute Gasteiger partial charge is 0.414 e. The molecule has 1 unspecified atom stereocenters. The summed E-state index contributed by atoms with van der Waals surface area (Å²) in [6.07, 6.45) is -7.11. The van der Waals surface area contributed by atoms with Crippen molar-refractivity contribution in [3.8, 4) is 0 Å². The van der Waals surface area contributed by atoms with Gasteiger partial charge in [0.25, 0.3) is 0 Å². The summed E-state index contributed by atoms with van der Waals surface area (Å²) in [5.74, 6) is 0. The molecule has 0 saturated carbocycles. The second-order valence-corrected chi connectivity index (χ2v) is 4.15. The molecule has 1 aromatic heterocycles. The highest BCUT2D eigenvalue weighted by atomic mass is 32.1. The van der Waals surface area contributed by atoms with Gasteiger partial charge in [0.05, 0.1) is 0 Å². The molecule has 0 aliphatic carbocycles. The summed E-state index contributed by atoms with van der Waals surface area (Å²) in [7, 11) is 0. The molecule has 1 rings (SSSR count). The van der Waals surface area contributed by atoms with Crippen molar-refractivity contribution in [1.82, 2.24) is 0 Å². The molecule has 0 amide bonds. The van der Waals surface area contributed by atoms with Gasteiger partial charge in [0.2, 0.25) is 0 Å². The van der Waals surface area contributed by atoms with Crippen molar-refractivity contribution in [1.29, 1.82) is 0 Å². The quantitative estimate of drug-likeness (QED) is 0.795. The van der Waals surface area contributed by atoms with Crippen molar-refractivity contribution in [3.05, 3.63) is 21.9 Å². The number of hydrogen-bond acceptors (Lipinski definition) is 2. The van der Waals surface area contributed by atoms with E-state index in [-0.39, 0.29) is 6.42 Å². The molecule has 74 valence electrons. The Morgan fingerprint density at radius 1 is 1.46 bits per heavy atom. The van der Waals surface area contributed by atoms with Gasteiger partial charge in [0, 0.05) is 16.2 Å². The van der Waals surface area contributed by atoms with Crippen LogP contribution in [0.3, 0.4) is 0 Å². The molecule has 1 heterocycles. The second kappa shape index (κ2) is 3.67. The minimum absolute atomic E-state index is 0.345. The Labute approximate surface area is 77.8 Å². The Morgan fingerprint density at radius 2 is 2.08 bits per heavy atom. The molecular formula is C8H9F3OS. The molecule has 0 aliphatic rings. The standard InChI is InChI=1S/C8H9F3OS/c1-5-2-3-6(13-5)4-7(12)8(9,10)11/h2-3,7,12H,4H2,1H3. The summed E-state index contributed by atoms with van der Waals surface area (Å²) in [4.78, 5) is 1.51. The van der Waals surface area contributed by atoms with Crippen molar-refractivity contribution in [2.24, 2.45) is 0 Å². The van der Waals surface area contributed by atoms with Gasteiger partial charge in [-0.15, -0.1) is 11.3 Å². The van der Waals surface area contributed by atoms with E-state index in [4.69, 9.17) is 5.11 Å². The van der Waals surface area contributed by atoms with Crippen LogP contribution in [0.2, 0.25) is 0 Å². The molecule has 0 radical (unpaired) electrons. The molecule has 1 N–H and O–H groups in total. The highest BCUT2D eigenvalue weighted by Gasteiger charge is 2.38. The molecular weight excluding hydrogens is 201 g/mol. The molecule has 5 heteroatoms. The molecule has 0 spiro atoms. The van der Waals surface area contributed by atoms with E-state index in [0.29, 0.717) is 4.88 Å². The van der Waals surface area contributed by atoms with E-state index in [2.05, 4.69) is 0 Å². The highest BCUT2D eigenvalue weighted by molar-refractivity contribution is 7.11. The third-order valence-corrected chi connectivity index (χ3v) is 2.59. The van der Waals surface area contributed by atoms with Crippen molar-refractivity contribution < 1.29 is 18.3 Å². The zero-order valence-corrected chi connectivity index (χ0v) is 7.75. The number of aliphatic hydroxyl groups excluding tert-OH is 1. The van der Waals surface area contributed by atoms with Crippen LogP contribution in [0.5, 0.6) is 0 Å². The highest BCUT2D eigenvalue weighted by Crippen LogP contribution is 2.25. The lowest BCUT2D eigenvalue weighted by molar-refractivity contribution is -0.202. The van der Waals surface area contributed by atoms with Crippen LogP contribution in [0, 0.1) is 6.92 Å². The van der Waals surface area contributed by atoms with Crippen LogP contribution in [-0.4, -0.2) is 17.4 Å². The average Bonchev–Trinajstić information content (AvgIpc) is 2.33. The Hall–Kier alpha value is -0.550. The first-order valence-corrected chi connectivity index (χ1v) is 4.51. The molecule has 0 aromatic carbocycles. The normalized spacial score (nSPS) is 14.5. The molecule has 0 fully saturated rings. The van der Waals surface area contributed by atoms with E-state index >= 15 is 0 Å². The maximum Gasteiger partial charge on any atom is 0.414 e. The predicted molar refractivity (Wildman–Crippen MR) is 44.8 cm³/mol. The van der Waals surface area contributed by atoms with Gasteiger partial charge in [0.1, 0.15) is 0 Å². The molecule has 13 heavy (non-hydrogen) atoms. The van der Waals surface area contributed by atoms with Crippen LogP contribution < -0.4 is 0 Å². The number of halogens is 3. The Morgan fingerprint density at radius 3 is 2.46 bits per heavy atom. The van der Waals surface area contributed by atoms with Gasteiger partial charge in [0.15, 0.2) is 6.10 Å². The zero-order chi connectivity index (χ0) is 10.1. The summed E-state index contributed by atoms with van der Waals surface area (Å²) in [5.41, 5.74) is 0. The monoisotopic (exact) mass is 210 g/mol. The van der Waals surface area contributed by atoms with E-state index in [0.717, 1.165) is 4.88 Å². The first-order chi connectivity index (χ1) is 5.89. The molecule has 0 aliphatic heterocycles. The van der Waals surface area contributed by atoms with E-state index < -0.39 is 12.3 Å². The summed E-state index contributed by atoms with van der Waals surface area (Å²) in [6.45, 7) is 1.81. The number of thiophene rings is 1. The Kier molecular flexibility index (Phi) is 2.98. The topological polar surface area (TPSA) is 20.2 Å². The van der Waals surface area contributed by atoms with Crippen LogP contribution in [0.25, 0.3) is 0 Å². The van der Waals surface area contributed by atoms with Crippen LogP contribution in [-0.2, 0) is 6.42 Å². The summed E-state index contributed by atoms with van der Waals surface area (Å²) in [6, 6.07) is 3.35. The third kappa shape index (κ3) is 3.00. The smallest absolute Gasteiger partial charge is 0.383 e. The summed E-state index contributed by atoms with van der Waals surface area (Å²) < 4.78 is 35.7. The lowest BCUT2D eigenvalue weighted by Gasteiger charge is -2.12. The van der Waals surface area contributed by atoms with Gasteiger partial charge in [-0.1, -0.05) is 0 Å². The second-order valence-electron chi connectivity index (χ2n) is 2.77. The summed E-state index contributed by atoms with van der Waals surface area (Å²) in [5, 5.41) is 8.73. The van der Waals surface area contributed by atoms with Crippen molar-refractivity contribution in [2.45, 2.75) is 25.6 Å². The first kappa shape index (κ1) is 10.5. The first-order valence-electron chi connectivity index (χ1n) is 3.69.